The van der Waals surface area contributed by atoms with Crippen molar-refractivity contribution in [1.82, 2.24) is 21.1 Å². The largest absolute Gasteiger partial charge is 0.444 e. The number of nitrogens with zero attached hydrogens (tertiary/aromatic N) is 2. The summed E-state index contributed by atoms with van der Waals surface area (Å²) in [6.07, 6.45) is 3.01. The van der Waals surface area contributed by atoms with Crippen molar-refractivity contribution in [3.05, 3.63) is 17.0 Å². The number of amides is 1. The molecule has 3 N–H and O–H groups in total. The van der Waals surface area contributed by atoms with E-state index in [2.05, 4.69) is 35.0 Å². The predicted octanol–water partition coefficient (Wildman–Crippen LogP) is 3.55. The van der Waals surface area contributed by atoms with Crippen molar-refractivity contribution >= 4 is 12.1 Å². The van der Waals surface area contributed by atoms with E-state index in [1.54, 1.807) is 0 Å². The van der Waals surface area contributed by atoms with E-state index in [9.17, 15) is 4.79 Å². The lowest BCUT2D eigenvalue weighted by Crippen LogP contribution is -2.48. The van der Waals surface area contributed by atoms with Gasteiger partial charge < -0.3 is 25.2 Å². The maximum absolute atomic E-state index is 12.1. The second-order valence-electron chi connectivity index (χ2n) is 7.95. The number of aryl methyl sites for hydroxylation is 2. The molecule has 1 atom stereocenters. The van der Waals surface area contributed by atoms with Gasteiger partial charge in [0, 0.05) is 31.1 Å². The molecule has 0 radical (unpaired) electrons. The summed E-state index contributed by atoms with van der Waals surface area (Å²) in [6.45, 7) is 15.6. The molecule has 0 fully saturated rings. The first-order valence-corrected chi connectivity index (χ1v) is 10.7. The Morgan fingerprint density at radius 1 is 1.17 bits per heavy atom. The minimum Gasteiger partial charge on any atom is -0.444 e. The first kappa shape index (κ1) is 24.8. The zero-order valence-corrected chi connectivity index (χ0v) is 19.1. The lowest BCUT2D eigenvalue weighted by molar-refractivity contribution is 0.0502. The van der Waals surface area contributed by atoms with Crippen molar-refractivity contribution < 1.29 is 14.1 Å². The van der Waals surface area contributed by atoms with Gasteiger partial charge in [-0.25, -0.2) is 9.79 Å². The number of guanidine groups is 1. The highest BCUT2D eigenvalue weighted by Crippen LogP contribution is 2.16. The van der Waals surface area contributed by atoms with Gasteiger partial charge in [0.05, 0.1) is 12.2 Å². The average Bonchev–Trinajstić information content (AvgIpc) is 3.04. The summed E-state index contributed by atoms with van der Waals surface area (Å²) < 4.78 is 10.8. The van der Waals surface area contributed by atoms with Crippen LogP contribution in [0.25, 0.3) is 0 Å². The molecule has 0 aliphatic carbocycles. The van der Waals surface area contributed by atoms with Crippen LogP contribution in [-0.2, 0) is 24.1 Å². The van der Waals surface area contributed by atoms with Gasteiger partial charge in [0.25, 0.3) is 0 Å². The molecule has 8 heteroatoms. The molecule has 0 aliphatic heterocycles. The van der Waals surface area contributed by atoms with Crippen molar-refractivity contribution in [3.8, 4) is 0 Å². The van der Waals surface area contributed by atoms with Gasteiger partial charge in [-0.1, -0.05) is 32.3 Å². The molecule has 0 saturated carbocycles. The molecular formula is C21H39N5O3. The second kappa shape index (κ2) is 12.3. The molecule has 1 amide bonds. The highest BCUT2D eigenvalue weighted by atomic mass is 16.6. The monoisotopic (exact) mass is 409 g/mol. The molecule has 0 spiro atoms. The SMILES string of the molecule is CCCC(CNC(=NCc1c(CC)noc1CC)NCC)NC(=O)OC(C)(C)C. The Morgan fingerprint density at radius 2 is 1.90 bits per heavy atom. The van der Waals surface area contributed by atoms with Crippen molar-refractivity contribution in [3.63, 3.8) is 0 Å². The first-order valence-electron chi connectivity index (χ1n) is 10.7. The van der Waals surface area contributed by atoms with E-state index in [-0.39, 0.29) is 6.04 Å². The Kier molecular flexibility index (Phi) is 10.5. The van der Waals surface area contributed by atoms with E-state index in [1.165, 1.54) is 0 Å². The minimum absolute atomic E-state index is 0.0493. The standard InChI is InChI=1S/C21H39N5O3/c1-8-12-15(25-20(27)28-21(5,6)7)13-23-19(22-11-4)24-14-16-17(9-2)26-29-18(16)10-3/h15H,8-14H2,1-7H3,(H,25,27)(H2,22,23,24). The maximum Gasteiger partial charge on any atom is 0.407 e. The summed E-state index contributed by atoms with van der Waals surface area (Å²) in [5, 5.41) is 13.7. The third-order valence-electron chi connectivity index (χ3n) is 4.22. The first-order chi connectivity index (χ1) is 13.7. The van der Waals surface area contributed by atoms with Crippen LogP contribution in [-0.4, -0.2) is 41.9 Å². The molecule has 0 aromatic carbocycles. The van der Waals surface area contributed by atoms with E-state index in [0.717, 1.165) is 49.2 Å². The number of carbonyl (C=O) groups is 1. The summed E-state index contributed by atoms with van der Waals surface area (Å²) in [5.41, 5.74) is 1.50. The molecule has 29 heavy (non-hydrogen) atoms. The molecule has 1 unspecified atom stereocenters. The lowest BCUT2D eigenvalue weighted by Gasteiger charge is -2.24. The number of ether oxygens (including phenoxy) is 1. The van der Waals surface area contributed by atoms with Crippen LogP contribution in [0.4, 0.5) is 4.79 Å². The Bertz CT molecular complexity index is 628. The number of aromatic nitrogens is 1. The van der Waals surface area contributed by atoms with Gasteiger partial charge in [0.1, 0.15) is 11.4 Å². The van der Waals surface area contributed by atoms with Crippen LogP contribution < -0.4 is 16.0 Å². The topological polar surface area (TPSA) is 101 Å². The number of carbonyl (C=O) groups excluding carboxylic acids is 1. The second-order valence-corrected chi connectivity index (χ2v) is 7.95. The zero-order valence-electron chi connectivity index (χ0n) is 19.1. The fourth-order valence-electron chi connectivity index (χ4n) is 2.88. The normalized spacial score (nSPS) is 13.1. The van der Waals surface area contributed by atoms with Gasteiger partial charge in [-0.05, 0) is 40.5 Å². The van der Waals surface area contributed by atoms with Crippen molar-refractivity contribution in [2.24, 2.45) is 4.99 Å². The van der Waals surface area contributed by atoms with Crippen molar-refractivity contribution in [2.75, 3.05) is 13.1 Å². The van der Waals surface area contributed by atoms with E-state index in [0.29, 0.717) is 19.0 Å². The Morgan fingerprint density at radius 3 is 2.45 bits per heavy atom. The molecule has 0 saturated heterocycles. The highest BCUT2D eigenvalue weighted by Gasteiger charge is 2.19. The molecule has 1 heterocycles. The molecule has 1 aromatic heterocycles. The highest BCUT2D eigenvalue weighted by molar-refractivity contribution is 5.79. The van der Waals surface area contributed by atoms with Crippen LogP contribution in [0.15, 0.2) is 9.52 Å². The van der Waals surface area contributed by atoms with Crippen LogP contribution in [0, 0.1) is 0 Å². The van der Waals surface area contributed by atoms with Gasteiger partial charge in [-0.3, -0.25) is 0 Å². The molecule has 1 aromatic rings. The van der Waals surface area contributed by atoms with Crippen LogP contribution in [0.3, 0.4) is 0 Å². The zero-order chi connectivity index (χ0) is 21.9. The van der Waals surface area contributed by atoms with Crippen LogP contribution in [0.5, 0.6) is 0 Å². The smallest absolute Gasteiger partial charge is 0.407 e. The van der Waals surface area contributed by atoms with Gasteiger partial charge >= 0.3 is 6.09 Å². The van der Waals surface area contributed by atoms with Gasteiger partial charge in [0.15, 0.2) is 5.96 Å². The molecule has 1 rings (SSSR count). The Labute approximate surface area is 175 Å². The molecule has 0 aliphatic rings. The fraction of sp³-hybridized carbons (Fsp3) is 0.762. The summed E-state index contributed by atoms with van der Waals surface area (Å²) >= 11 is 0. The number of nitrogens with one attached hydrogen (secondary N) is 3. The number of alkyl carbamates (subject to hydrolysis) is 1. The molecule has 0 bridgehead atoms. The van der Waals surface area contributed by atoms with Gasteiger partial charge in [0.2, 0.25) is 0 Å². The quantitative estimate of drug-likeness (QED) is 0.404. The van der Waals surface area contributed by atoms with E-state index < -0.39 is 11.7 Å². The van der Waals surface area contributed by atoms with Gasteiger partial charge in [-0.2, -0.15) is 0 Å². The lowest BCUT2D eigenvalue weighted by atomic mass is 10.1. The van der Waals surface area contributed by atoms with Gasteiger partial charge in [-0.15, -0.1) is 0 Å². The Balaban J connectivity index is 2.76. The minimum atomic E-state index is -0.517. The van der Waals surface area contributed by atoms with E-state index >= 15 is 0 Å². The summed E-state index contributed by atoms with van der Waals surface area (Å²) in [5.74, 6) is 1.58. The molecule has 166 valence electrons. The maximum atomic E-state index is 12.1. The van der Waals surface area contributed by atoms with Crippen LogP contribution >= 0.6 is 0 Å². The van der Waals surface area contributed by atoms with Crippen molar-refractivity contribution in [2.45, 2.75) is 92.3 Å². The van der Waals surface area contributed by atoms with Crippen molar-refractivity contribution in [1.29, 1.82) is 0 Å². The third kappa shape index (κ3) is 9.19. The molecular weight excluding hydrogens is 370 g/mol. The van der Waals surface area contributed by atoms with Crippen LogP contribution in [0.2, 0.25) is 0 Å². The number of aliphatic imine (C=N–C) groups is 1. The van der Waals surface area contributed by atoms with Crippen LogP contribution in [0.1, 0.15) is 78.3 Å². The number of hydrogen-bond acceptors (Lipinski definition) is 5. The third-order valence-corrected chi connectivity index (χ3v) is 4.22. The fourth-order valence-corrected chi connectivity index (χ4v) is 2.88. The number of rotatable bonds is 10. The average molecular weight is 410 g/mol. The number of hydrogen-bond donors (Lipinski definition) is 3. The van der Waals surface area contributed by atoms with E-state index in [4.69, 9.17) is 14.3 Å². The molecule has 8 nitrogen and oxygen atoms in total. The Hall–Kier alpha value is -2.25. The summed E-state index contributed by atoms with van der Waals surface area (Å²) in [4.78, 5) is 16.8. The summed E-state index contributed by atoms with van der Waals surface area (Å²) in [6, 6.07) is -0.0493. The van der Waals surface area contributed by atoms with E-state index in [1.807, 2.05) is 34.6 Å². The summed E-state index contributed by atoms with van der Waals surface area (Å²) in [7, 11) is 0. The predicted molar refractivity (Wildman–Crippen MR) is 116 cm³/mol.